The first kappa shape index (κ1) is 19.5. The summed E-state index contributed by atoms with van der Waals surface area (Å²) >= 11 is 0. The Kier molecular flexibility index (Phi) is 6.38. The van der Waals surface area contributed by atoms with Crippen molar-refractivity contribution in [1.82, 2.24) is 10.6 Å². The maximum absolute atomic E-state index is 12.1. The van der Waals surface area contributed by atoms with Gasteiger partial charge in [0.15, 0.2) is 6.10 Å². The number of fused-ring (bicyclic) bond motifs is 1. The average molecular weight is 360 g/mol. The van der Waals surface area contributed by atoms with E-state index in [1.807, 2.05) is 18.2 Å². The van der Waals surface area contributed by atoms with Crippen LogP contribution in [0.1, 0.15) is 38.8 Å². The van der Waals surface area contributed by atoms with Crippen LogP contribution in [0.25, 0.3) is 11.0 Å². The number of nitrogens with one attached hydrogen (secondary N) is 2. The summed E-state index contributed by atoms with van der Waals surface area (Å²) in [4.78, 5) is 35.5. The van der Waals surface area contributed by atoms with Crippen LogP contribution in [0.4, 0.5) is 4.79 Å². The Morgan fingerprint density at radius 3 is 2.58 bits per heavy atom. The fourth-order valence-corrected chi connectivity index (χ4v) is 2.44. The molecule has 1 atom stereocenters. The molecule has 0 fully saturated rings. The molecule has 0 aliphatic heterocycles. The van der Waals surface area contributed by atoms with Gasteiger partial charge in [-0.2, -0.15) is 0 Å². The van der Waals surface area contributed by atoms with E-state index in [1.165, 1.54) is 13.2 Å². The van der Waals surface area contributed by atoms with Gasteiger partial charge in [0, 0.05) is 17.0 Å². The maximum Gasteiger partial charge on any atom is 0.321 e. The molecule has 0 aliphatic carbocycles. The van der Waals surface area contributed by atoms with Crippen LogP contribution in [0.5, 0.6) is 0 Å². The fraction of sp³-hybridized carbons (Fsp3) is 0.421. The first-order valence-electron chi connectivity index (χ1n) is 8.60. The van der Waals surface area contributed by atoms with Crippen LogP contribution in [0.2, 0.25) is 0 Å². The minimum Gasteiger partial charge on any atom is -0.464 e. The molecule has 0 saturated heterocycles. The number of ether oxygens (including phenoxy) is 1. The van der Waals surface area contributed by atoms with Gasteiger partial charge in [0.2, 0.25) is 0 Å². The Bertz CT molecular complexity index is 809. The SMILES string of the molecule is CCc1ccc2c(CC(=O)O[C@@H](C)C(=O)NC(=O)NC(C)C)coc2c1. The van der Waals surface area contributed by atoms with Gasteiger partial charge < -0.3 is 14.5 Å². The van der Waals surface area contributed by atoms with E-state index >= 15 is 0 Å². The van der Waals surface area contributed by atoms with Gasteiger partial charge in [-0.3, -0.25) is 14.9 Å². The Morgan fingerprint density at radius 2 is 1.92 bits per heavy atom. The summed E-state index contributed by atoms with van der Waals surface area (Å²) in [6, 6.07) is 5.10. The summed E-state index contributed by atoms with van der Waals surface area (Å²) in [6.07, 6.45) is 1.32. The zero-order chi connectivity index (χ0) is 19.3. The molecular weight excluding hydrogens is 336 g/mol. The third-order valence-electron chi connectivity index (χ3n) is 3.80. The van der Waals surface area contributed by atoms with E-state index in [2.05, 4.69) is 17.6 Å². The normalized spacial score (nSPS) is 12.0. The molecule has 26 heavy (non-hydrogen) atoms. The maximum atomic E-state index is 12.1. The number of carbonyl (C=O) groups excluding carboxylic acids is 3. The van der Waals surface area contributed by atoms with Crippen molar-refractivity contribution in [2.75, 3.05) is 0 Å². The number of esters is 1. The van der Waals surface area contributed by atoms with Crippen LogP contribution >= 0.6 is 0 Å². The van der Waals surface area contributed by atoms with Gasteiger partial charge in [-0.15, -0.1) is 0 Å². The fourth-order valence-electron chi connectivity index (χ4n) is 2.44. The van der Waals surface area contributed by atoms with Crippen molar-refractivity contribution < 1.29 is 23.5 Å². The highest BCUT2D eigenvalue weighted by atomic mass is 16.5. The first-order chi connectivity index (χ1) is 12.3. The molecule has 0 bridgehead atoms. The van der Waals surface area contributed by atoms with Gasteiger partial charge in [0.05, 0.1) is 12.7 Å². The molecule has 140 valence electrons. The lowest BCUT2D eigenvalue weighted by Crippen LogP contribution is -2.46. The van der Waals surface area contributed by atoms with Gasteiger partial charge in [0.25, 0.3) is 5.91 Å². The molecule has 2 N–H and O–H groups in total. The number of hydrogen-bond acceptors (Lipinski definition) is 5. The second-order valence-electron chi connectivity index (χ2n) is 6.37. The minimum absolute atomic E-state index is 0.0196. The second kappa shape index (κ2) is 8.51. The van der Waals surface area contributed by atoms with Gasteiger partial charge >= 0.3 is 12.0 Å². The molecule has 2 aromatic rings. The van der Waals surface area contributed by atoms with Crippen LogP contribution in [0, 0.1) is 0 Å². The number of hydrogen-bond donors (Lipinski definition) is 2. The highest BCUT2D eigenvalue weighted by Gasteiger charge is 2.21. The lowest BCUT2D eigenvalue weighted by Gasteiger charge is -2.14. The van der Waals surface area contributed by atoms with Crippen molar-refractivity contribution in [3.63, 3.8) is 0 Å². The largest absolute Gasteiger partial charge is 0.464 e. The zero-order valence-electron chi connectivity index (χ0n) is 15.4. The molecule has 3 amide bonds. The molecule has 0 saturated carbocycles. The topological polar surface area (TPSA) is 97.6 Å². The van der Waals surface area contributed by atoms with Crippen LogP contribution in [-0.4, -0.2) is 30.1 Å². The monoisotopic (exact) mass is 360 g/mol. The van der Waals surface area contributed by atoms with Crippen LogP contribution < -0.4 is 10.6 Å². The summed E-state index contributed by atoms with van der Waals surface area (Å²) in [6.45, 7) is 7.01. The third-order valence-corrected chi connectivity index (χ3v) is 3.80. The molecular formula is C19H24N2O5. The number of benzene rings is 1. The van der Waals surface area contributed by atoms with E-state index < -0.39 is 24.0 Å². The summed E-state index contributed by atoms with van der Waals surface area (Å²) in [7, 11) is 0. The Hall–Kier alpha value is -2.83. The smallest absolute Gasteiger partial charge is 0.321 e. The van der Waals surface area contributed by atoms with Gasteiger partial charge in [-0.25, -0.2) is 4.79 Å². The number of amides is 3. The van der Waals surface area contributed by atoms with Crippen molar-refractivity contribution >= 4 is 28.9 Å². The Morgan fingerprint density at radius 1 is 1.19 bits per heavy atom. The van der Waals surface area contributed by atoms with Gasteiger partial charge in [-0.1, -0.05) is 19.1 Å². The Balaban J connectivity index is 1.94. The van der Waals surface area contributed by atoms with E-state index in [1.54, 1.807) is 13.8 Å². The van der Waals surface area contributed by atoms with Crippen LogP contribution in [0.15, 0.2) is 28.9 Å². The number of rotatable bonds is 6. The predicted octanol–water partition coefficient (Wildman–Crippen LogP) is 2.70. The quantitative estimate of drug-likeness (QED) is 0.772. The van der Waals surface area contributed by atoms with Crippen molar-refractivity contribution in [2.45, 2.75) is 52.7 Å². The summed E-state index contributed by atoms with van der Waals surface area (Å²) in [5, 5.41) is 5.50. The molecule has 0 spiro atoms. The highest BCUT2D eigenvalue weighted by molar-refractivity contribution is 5.97. The van der Waals surface area contributed by atoms with Crippen LogP contribution in [-0.2, 0) is 27.2 Å². The Labute approximate surface area is 152 Å². The van der Waals surface area contributed by atoms with Gasteiger partial charge in [-0.05, 0) is 38.8 Å². The molecule has 7 nitrogen and oxygen atoms in total. The van der Waals surface area contributed by atoms with E-state index in [0.29, 0.717) is 11.1 Å². The minimum atomic E-state index is -1.08. The summed E-state index contributed by atoms with van der Waals surface area (Å²) < 4.78 is 10.6. The van der Waals surface area contributed by atoms with Crippen molar-refractivity contribution in [2.24, 2.45) is 0 Å². The second-order valence-corrected chi connectivity index (χ2v) is 6.37. The molecule has 7 heteroatoms. The van der Waals surface area contributed by atoms with Gasteiger partial charge in [0.1, 0.15) is 5.58 Å². The molecule has 1 aromatic heterocycles. The molecule has 2 rings (SSSR count). The number of urea groups is 1. The van der Waals surface area contributed by atoms with E-state index in [9.17, 15) is 14.4 Å². The predicted molar refractivity (Wildman–Crippen MR) is 96.7 cm³/mol. The zero-order valence-corrected chi connectivity index (χ0v) is 15.4. The van der Waals surface area contributed by atoms with Crippen molar-refractivity contribution in [3.05, 3.63) is 35.6 Å². The molecule has 1 heterocycles. The summed E-state index contributed by atoms with van der Waals surface area (Å²) in [5.41, 5.74) is 2.55. The standard InChI is InChI=1S/C19H24N2O5/c1-5-13-6-7-15-14(10-25-16(15)8-13)9-17(22)26-12(4)18(23)21-19(24)20-11(2)3/h6-8,10-12H,5,9H2,1-4H3,(H2,20,21,23,24)/t12-/m0/s1. The molecule has 0 unspecified atom stereocenters. The lowest BCUT2D eigenvalue weighted by atomic mass is 10.1. The highest BCUT2D eigenvalue weighted by Crippen LogP contribution is 2.23. The van der Waals surface area contributed by atoms with E-state index in [4.69, 9.17) is 9.15 Å². The molecule has 0 aliphatic rings. The number of carbonyl (C=O) groups is 3. The number of aryl methyl sites for hydroxylation is 1. The van der Waals surface area contributed by atoms with Crippen LogP contribution in [0.3, 0.4) is 0 Å². The first-order valence-corrected chi connectivity index (χ1v) is 8.60. The van der Waals surface area contributed by atoms with Crippen molar-refractivity contribution in [3.8, 4) is 0 Å². The molecule has 1 aromatic carbocycles. The lowest BCUT2D eigenvalue weighted by molar-refractivity contribution is -0.153. The average Bonchev–Trinajstić information content (AvgIpc) is 2.95. The third kappa shape index (κ3) is 5.08. The van der Waals surface area contributed by atoms with E-state index in [-0.39, 0.29) is 12.5 Å². The summed E-state index contributed by atoms with van der Waals surface area (Å²) in [5.74, 6) is -1.25. The van der Waals surface area contributed by atoms with E-state index in [0.717, 1.165) is 17.4 Å². The van der Waals surface area contributed by atoms with Crippen molar-refractivity contribution in [1.29, 1.82) is 0 Å². The number of imide groups is 1. The number of furan rings is 1. The molecule has 0 radical (unpaired) electrons.